The molecule has 62 heavy (non-hydrogen) atoms. The lowest BCUT2D eigenvalue weighted by molar-refractivity contribution is -0.384. The fourth-order valence-electron chi connectivity index (χ4n) is 7.50. The molecule has 0 saturated carbocycles. The van der Waals surface area contributed by atoms with Gasteiger partial charge in [0.25, 0.3) is 21.6 Å². The second kappa shape index (κ2) is 20.4. The highest BCUT2D eigenvalue weighted by Crippen LogP contribution is 2.34. The summed E-state index contributed by atoms with van der Waals surface area (Å²) in [5.74, 6) is 0.814. The molecule has 0 bridgehead atoms. The third kappa shape index (κ3) is 11.4. The SMILES string of the molecule is CN(C)CCOc1cccc(-c2ccc(Cl)cc2)c1CN1CCN(c2ccc(Oc3ccccc3C(=O)NS(=O)(=O)c3ccc(NCC4CCOCC4)c([N+](=O)[O-])c3)cc2)CC1. The number of rotatable bonds is 17. The van der Waals surface area contributed by atoms with Gasteiger partial charge in [-0.25, -0.2) is 13.1 Å². The van der Waals surface area contributed by atoms with E-state index in [-0.39, 0.29) is 22.9 Å². The van der Waals surface area contributed by atoms with Crippen LogP contribution in [0.1, 0.15) is 28.8 Å². The van der Waals surface area contributed by atoms with Gasteiger partial charge in [-0.2, -0.15) is 0 Å². The molecule has 5 aromatic carbocycles. The highest BCUT2D eigenvalue weighted by Gasteiger charge is 2.26. The van der Waals surface area contributed by atoms with Gasteiger partial charge in [0, 0.05) is 81.4 Å². The molecule has 0 unspecified atom stereocenters. The van der Waals surface area contributed by atoms with Gasteiger partial charge in [-0.3, -0.25) is 19.8 Å². The number of carbonyl (C=O) groups is 1. The molecule has 2 saturated heterocycles. The summed E-state index contributed by atoms with van der Waals surface area (Å²) < 4.78 is 46.7. The average Bonchev–Trinajstić information content (AvgIpc) is 3.27. The second-order valence-electron chi connectivity index (χ2n) is 15.6. The first-order chi connectivity index (χ1) is 29.9. The van der Waals surface area contributed by atoms with Gasteiger partial charge in [0.1, 0.15) is 29.5 Å². The summed E-state index contributed by atoms with van der Waals surface area (Å²) in [5, 5.41) is 15.7. The first kappa shape index (κ1) is 44.3. The number of carbonyl (C=O) groups excluding carboxylic acids is 1. The standard InChI is InChI=1S/C46H51ClN6O8S/c1-50(2)26-29-60-44-9-5-7-39(34-10-12-35(47)13-11-34)41(44)32-51-22-24-52(25-23-51)36-14-16-37(17-15-36)61-45-8-4-3-6-40(45)46(54)49-62(57,58)38-18-19-42(43(30-38)53(55)56)48-31-33-20-27-59-28-21-33/h3-19,30,33,48H,20-29,31-32H2,1-2H3,(H,49,54). The second-order valence-corrected chi connectivity index (χ2v) is 17.7. The number of ether oxygens (including phenoxy) is 3. The maximum absolute atomic E-state index is 13.5. The third-order valence-corrected chi connectivity index (χ3v) is 12.6. The minimum atomic E-state index is -4.50. The van der Waals surface area contributed by atoms with Crippen LogP contribution in [0.25, 0.3) is 11.1 Å². The van der Waals surface area contributed by atoms with E-state index in [1.54, 1.807) is 18.2 Å². The number of benzene rings is 5. The lowest BCUT2D eigenvalue weighted by Crippen LogP contribution is -2.46. The van der Waals surface area contributed by atoms with Gasteiger partial charge in [0.2, 0.25) is 0 Å². The Morgan fingerprint density at radius 2 is 1.61 bits per heavy atom. The minimum Gasteiger partial charge on any atom is -0.492 e. The van der Waals surface area contributed by atoms with Crippen molar-refractivity contribution in [2.24, 2.45) is 5.92 Å². The normalized spacial score (nSPS) is 15.0. The molecule has 14 nitrogen and oxygen atoms in total. The van der Waals surface area contributed by atoms with Crippen molar-refractivity contribution < 1.29 is 32.3 Å². The molecule has 7 rings (SSSR count). The molecular formula is C46H51ClN6O8S. The van der Waals surface area contributed by atoms with E-state index < -0.39 is 31.4 Å². The van der Waals surface area contributed by atoms with E-state index in [0.717, 1.165) is 86.3 Å². The number of likely N-dealkylation sites (N-methyl/N-ethyl adjacent to an activating group) is 1. The van der Waals surface area contributed by atoms with Crippen LogP contribution in [0.15, 0.2) is 114 Å². The molecule has 0 aromatic heterocycles. The number of nitrogens with zero attached hydrogens (tertiary/aromatic N) is 4. The number of hydrogen-bond acceptors (Lipinski definition) is 12. The fraction of sp³-hybridized carbons (Fsp3) is 0.326. The summed E-state index contributed by atoms with van der Waals surface area (Å²) >= 11 is 6.22. The van der Waals surface area contributed by atoms with Crippen LogP contribution in [0.3, 0.4) is 0 Å². The molecule has 0 spiro atoms. The van der Waals surface area contributed by atoms with E-state index in [1.165, 1.54) is 18.2 Å². The van der Waals surface area contributed by atoms with Crippen molar-refractivity contribution in [2.45, 2.75) is 24.3 Å². The monoisotopic (exact) mass is 882 g/mol. The fourth-order valence-corrected chi connectivity index (χ4v) is 8.62. The summed E-state index contributed by atoms with van der Waals surface area (Å²) in [4.78, 5) is 31.2. The molecule has 326 valence electrons. The molecule has 0 atom stereocenters. The number of amides is 1. The maximum atomic E-state index is 13.5. The van der Waals surface area contributed by atoms with Crippen molar-refractivity contribution in [1.29, 1.82) is 0 Å². The van der Waals surface area contributed by atoms with Gasteiger partial charge in [-0.05, 0) is 111 Å². The zero-order valence-corrected chi connectivity index (χ0v) is 36.4. The smallest absolute Gasteiger partial charge is 0.293 e. The summed E-state index contributed by atoms with van der Waals surface area (Å²) in [6, 6.07) is 31.5. The predicted octanol–water partition coefficient (Wildman–Crippen LogP) is 7.93. The van der Waals surface area contributed by atoms with Gasteiger partial charge in [0.05, 0.1) is 15.4 Å². The van der Waals surface area contributed by atoms with Crippen molar-refractivity contribution in [2.75, 3.05) is 83.4 Å². The van der Waals surface area contributed by atoms with Crippen LogP contribution < -0.4 is 24.4 Å². The van der Waals surface area contributed by atoms with Crippen LogP contribution in [-0.2, 0) is 21.3 Å². The molecule has 2 fully saturated rings. The lowest BCUT2D eigenvalue weighted by Gasteiger charge is -2.36. The Morgan fingerprint density at radius 1 is 0.903 bits per heavy atom. The molecule has 5 aromatic rings. The first-order valence-corrected chi connectivity index (χ1v) is 22.5. The quantitative estimate of drug-likeness (QED) is 0.0689. The van der Waals surface area contributed by atoms with Crippen molar-refractivity contribution in [3.05, 3.63) is 135 Å². The molecule has 0 aliphatic carbocycles. The third-order valence-electron chi connectivity index (χ3n) is 11.0. The number of piperazine rings is 1. The van der Waals surface area contributed by atoms with E-state index in [9.17, 15) is 23.3 Å². The largest absolute Gasteiger partial charge is 0.492 e. The topological polar surface area (TPSA) is 156 Å². The lowest BCUT2D eigenvalue weighted by atomic mass is 9.98. The number of hydrogen-bond donors (Lipinski definition) is 2. The molecule has 16 heteroatoms. The molecular weight excluding hydrogens is 832 g/mol. The summed E-state index contributed by atoms with van der Waals surface area (Å²) in [7, 11) is -0.437. The number of nitro benzene ring substituents is 1. The average molecular weight is 883 g/mol. The Bertz CT molecular complexity index is 2440. The van der Waals surface area contributed by atoms with Gasteiger partial charge >= 0.3 is 0 Å². The maximum Gasteiger partial charge on any atom is 0.293 e. The van der Waals surface area contributed by atoms with Crippen LogP contribution >= 0.6 is 11.6 Å². The Balaban J connectivity index is 0.972. The highest BCUT2D eigenvalue weighted by atomic mass is 35.5. The van der Waals surface area contributed by atoms with E-state index in [1.807, 2.05) is 74.8 Å². The summed E-state index contributed by atoms with van der Waals surface area (Å²) in [6.45, 7) is 7.13. The molecule has 2 aliphatic rings. The van der Waals surface area contributed by atoms with Gasteiger partial charge in [0.15, 0.2) is 0 Å². The summed E-state index contributed by atoms with van der Waals surface area (Å²) in [6.07, 6.45) is 1.65. The predicted molar refractivity (Wildman–Crippen MR) is 241 cm³/mol. The Kier molecular flexibility index (Phi) is 14.6. The molecule has 2 heterocycles. The van der Waals surface area contributed by atoms with E-state index >= 15 is 0 Å². The first-order valence-electron chi connectivity index (χ1n) is 20.6. The van der Waals surface area contributed by atoms with Crippen LogP contribution in [0.4, 0.5) is 17.1 Å². The van der Waals surface area contributed by atoms with Gasteiger partial charge < -0.3 is 29.3 Å². The molecule has 1 amide bonds. The zero-order chi connectivity index (χ0) is 43.6. The highest BCUT2D eigenvalue weighted by molar-refractivity contribution is 7.90. The number of nitro groups is 1. The molecule has 0 radical (unpaired) electrons. The van der Waals surface area contributed by atoms with Crippen molar-refractivity contribution in [3.8, 4) is 28.4 Å². The van der Waals surface area contributed by atoms with E-state index in [2.05, 4.69) is 30.8 Å². The molecule has 2 N–H and O–H groups in total. The van der Waals surface area contributed by atoms with Crippen molar-refractivity contribution in [3.63, 3.8) is 0 Å². The number of nitrogens with one attached hydrogen (secondary N) is 2. The number of anilines is 2. The Hall–Kier alpha value is -5.71. The number of sulfonamides is 1. The van der Waals surface area contributed by atoms with Crippen LogP contribution in [0.2, 0.25) is 5.02 Å². The van der Waals surface area contributed by atoms with Crippen LogP contribution in [0.5, 0.6) is 17.2 Å². The van der Waals surface area contributed by atoms with Gasteiger partial charge in [-0.15, -0.1) is 0 Å². The van der Waals surface area contributed by atoms with Crippen molar-refractivity contribution >= 4 is 44.6 Å². The summed E-state index contributed by atoms with van der Waals surface area (Å²) in [5.41, 5.74) is 4.12. The van der Waals surface area contributed by atoms with Crippen LogP contribution in [-0.4, -0.2) is 102 Å². The number of para-hydroxylation sites is 1. The Labute approximate surface area is 367 Å². The number of halogens is 1. The van der Waals surface area contributed by atoms with Gasteiger partial charge in [-0.1, -0.05) is 48.0 Å². The minimum absolute atomic E-state index is 0.0237. The van der Waals surface area contributed by atoms with E-state index in [0.29, 0.717) is 37.1 Å². The zero-order valence-electron chi connectivity index (χ0n) is 34.8. The Morgan fingerprint density at radius 3 is 2.32 bits per heavy atom. The van der Waals surface area contributed by atoms with Crippen molar-refractivity contribution in [1.82, 2.24) is 14.5 Å². The van der Waals surface area contributed by atoms with E-state index in [4.69, 9.17) is 25.8 Å². The van der Waals surface area contributed by atoms with Crippen LogP contribution in [0, 0.1) is 16.0 Å². The molecule has 2 aliphatic heterocycles.